The number of nitrogens with one attached hydrogen (secondary N) is 1. The Labute approximate surface area is 213 Å². The van der Waals surface area contributed by atoms with Gasteiger partial charge in [-0.1, -0.05) is 60.7 Å². The highest BCUT2D eigenvalue weighted by atomic mass is 16.6. The number of aromatic nitrogens is 2. The molecule has 0 saturated heterocycles. The molecule has 3 aromatic carbocycles. The summed E-state index contributed by atoms with van der Waals surface area (Å²) < 4.78 is 3.63. The third kappa shape index (κ3) is 4.84. The molecule has 0 fully saturated rings. The lowest BCUT2D eigenvalue weighted by molar-refractivity contribution is -0.384. The smallest absolute Gasteiger partial charge is 0.269 e. The Morgan fingerprint density at radius 1 is 0.838 bits per heavy atom. The van der Waals surface area contributed by atoms with Gasteiger partial charge in [0.2, 0.25) is 0 Å². The van der Waals surface area contributed by atoms with Crippen LogP contribution >= 0.6 is 0 Å². The van der Waals surface area contributed by atoms with Gasteiger partial charge in [0.15, 0.2) is 0 Å². The number of fused-ring (bicyclic) bond motifs is 1. The van der Waals surface area contributed by atoms with Gasteiger partial charge in [0.1, 0.15) is 5.49 Å². The molecule has 5 aromatic rings. The van der Waals surface area contributed by atoms with E-state index in [2.05, 4.69) is 0 Å². The van der Waals surface area contributed by atoms with Crippen molar-refractivity contribution in [3.05, 3.63) is 140 Å². The quantitative estimate of drug-likeness (QED) is 0.243. The fraction of sp³-hybridized carbons (Fsp3) is 0.133. The van der Waals surface area contributed by atoms with Crippen molar-refractivity contribution in [1.82, 2.24) is 9.13 Å². The number of hydrogen-bond acceptors (Lipinski definition) is 4. The summed E-state index contributed by atoms with van der Waals surface area (Å²) in [7, 11) is 0. The van der Waals surface area contributed by atoms with E-state index >= 15 is 0 Å². The summed E-state index contributed by atoms with van der Waals surface area (Å²) in [6.45, 7) is 2.88. The lowest BCUT2D eigenvalue weighted by atomic mass is 10.0. The molecule has 0 aliphatic heterocycles. The molecule has 7 nitrogen and oxygen atoms in total. The maximum atomic E-state index is 13.8. The highest BCUT2D eigenvalue weighted by molar-refractivity contribution is 5.84. The summed E-state index contributed by atoms with van der Waals surface area (Å²) in [6.07, 6.45) is 0.725. The number of rotatable bonds is 7. The van der Waals surface area contributed by atoms with E-state index < -0.39 is 4.92 Å². The van der Waals surface area contributed by atoms with Crippen molar-refractivity contribution in [3.8, 4) is 11.1 Å². The zero-order valence-corrected chi connectivity index (χ0v) is 20.4. The van der Waals surface area contributed by atoms with Crippen molar-refractivity contribution in [2.75, 3.05) is 0 Å². The van der Waals surface area contributed by atoms with Gasteiger partial charge in [-0.15, -0.1) is 0 Å². The molecule has 0 atom stereocenters. The van der Waals surface area contributed by atoms with Crippen LogP contribution in [0.1, 0.15) is 16.8 Å². The second kappa shape index (κ2) is 10.1. The first kappa shape index (κ1) is 23.9. The molecule has 0 saturated carbocycles. The molecule has 0 aliphatic carbocycles. The van der Waals surface area contributed by atoms with Crippen molar-refractivity contribution in [1.29, 1.82) is 5.41 Å². The third-order valence-electron chi connectivity index (χ3n) is 6.67. The zero-order valence-electron chi connectivity index (χ0n) is 20.4. The van der Waals surface area contributed by atoms with Crippen molar-refractivity contribution in [2.45, 2.75) is 26.4 Å². The van der Waals surface area contributed by atoms with Gasteiger partial charge in [-0.05, 0) is 54.3 Å². The van der Waals surface area contributed by atoms with Crippen LogP contribution in [0.2, 0.25) is 0 Å². The van der Waals surface area contributed by atoms with E-state index in [-0.39, 0.29) is 16.7 Å². The first-order chi connectivity index (χ1) is 17.9. The van der Waals surface area contributed by atoms with Crippen LogP contribution in [0.4, 0.5) is 5.69 Å². The molecule has 184 valence electrons. The van der Waals surface area contributed by atoms with Crippen molar-refractivity contribution in [2.24, 2.45) is 0 Å². The van der Waals surface area contributed by atoms with Gasteiger partial charge in [0.05, 0.1) is 15.8 Å². The molecular formula is C30H26N4O3. The molecule has 0 aliphatic rings. The summed E-state index contributed by atoms with van der Waals surface area (Å²) in [5.74, 6) is 0. The largest absolute Gasteiger partial charge is 0.321 e. The first-order valence-corrected chi connectivity index (χ1v) is 12.1. The van der Waals surface area contributed by atoms with E-state index in [0.717, 1.165) is 23.2 Å². The standard InChI is InChI=1S/C30H26N4O3/c1-21-18-28-27(30(35)32(21)17-16-22-8-4-2-5-9-22)19-26(24-12-14-25(15-13-24)34(36)37)29(31)33(28)20-23-10-6-3-7-11-23/h2-15,18-19,31H,16-17,20H2,1H3. The van der Waals surface area contributed by atoms with Gasteiger partial charge >= 0.3 is 0 Å². The Hall–Kier alpha value is -4.78. The third-order valence-corrected chi connectivity index (χ3v) is 6.67. The van der Waals surface area contributed by atoms with Crippen LogP contribution < -0.4 is 11.0 Å². The lowest BCUT2D eigenvalue weighted by Crippen LogP contribution is -2.29. The molecule has 37 heavy (non-hydrogen) atoms. The molecule has 0 unspecified atom stereocenters. The Balaban J connectivity index is 1.69. The van der Waals surface area contributed by atoms with Gasteiger partial charge in [-0.2, -0.15) is 0 Å². The molecule has 0 radical (unpaired) electrons. The monoisotopic (exact) mass is 490 g/mol. The van der Waals surface area contributed by atoms with E-state index in [1.165, 1.54) is 12.1 Å². The molecule has 0 amide bonds. The first-order valence-electron chi connectivity index (χ1n) is 12.1. The number of pyridine rings is 2. The number of nitro benzene ring substituents is 1. The maximum Gasteiger partial charge on any atom is 0.269 e. The van der Waals surface area contributed by atoms with Crippen LogP contribution in [-0.4, -0.2) is 14.1 Å². The predicted molar refractivity (Wildman–Crippen MR) is 145 cm³/mol. The Morgan fingerprint density at radius 3 is 2.08 bits per heavy atom. The number of non-ortho nitro benzene ring substituents is 1. The number of nitro groups is 1. The van der Waals surface area contributed by atoms with Crippen molar-refractivity contribution >= 4 is 16.6 Å². The second-order valence-electron chi connectivity index (χ2n) is 9.06. The van der Waals surface area contributed by atoms with Gasteiger partial charge < -0.3 is 9.13 Å². The summed E-state index contributed by atoms with van der Waals surface area (Å²) in [5.41, 5.74) is 4.99. The molecule has 2 aromatic heterocycles. The summed E-state index contributed by atoms with van der Waals surface area (Å²) in [5, 5.41) is 20.7. The maximum absolute atomic E-state index is 13.8. The number of nitrogens with zero attached hydrogens (tertiary/aromatic N) is 3. The summed E-state index contributed by atoms with van der Waals surface area (Å²) in [4.78, 5) is 24.5. The number of benzene rings is 3. The highest BCUT2D eigenvalue weighted by Crippen LogP contribution is 2.23. The fourth-order valence-corrected chi connectivity index (χ4v) is 4.68. The molecule has 2 heterocycles. The van der Waals surface area contributed by atoms with Crippen LogP contribution in [0.15, 0.2) is 102 Å². The minimum absolute atomic E-state index is 0.0212. The highest BCUT2D eigenvalue weighted by Gasteiger charge is 2.16. The predicted octanol–water partition coefficient (Wildman–Crippen LogP) is 5.46. The topological polar surface area (TPSA) is 93.9 Å². The Morgan fingerprint density at radius 2 is 1.46 bits per heavy atom. The summed E-state index contributed by atoms with van der Waals surface area (Å²) in [6, 6.07) is 29.7. The SMILES string of the molecule is Cc1cc2c(cc(-c3ccc([N+](=O)[O-])cc3)c(=N)n2Cc2ccccc2)c(=O)n1CCc1ccccc1. The Kier molecular flexibility index (Phi) is 6.51. The average molecular weight is 491 g/mol. The van der Waals surface area contributed by atoms with Crippen LogP contribution in [0.3, 0.4) is 0 Å². The van der Waals surface area contributed by atoms with E-state index in [9.17, 15) is 14.9 Å². The van der Waals surface area contributed by atoms with Gasteiger partial charge in [-0.25, -0.2) is 0 Å². The molecule has 0 spiro atoms. The van der Waals surface area contributed by atoms with E-state index in [1.807, 2.05) is 78.2 Å². The number of hydrogen-bond donors (Lipinski definition) is 1. The van der Waals surface area contributed by atoms with Crippen molar-refractivity contribution < 1.29 is 4.92 Å². The Bertz CT molecular complexity index is 1700. The van der Waals surface area contributed by atoms with Crippen LogP contribution in [0, 0.1) is 22.4 Å². The molecule has 5 rings (SSSR count). The van der Waals surface area contributed by atoms with Crippen LogP contribution in [0.25, 0.3) is 22.0 Å². The minimum Gasteiger partial charge on any atom is -0.321 e. The van der Waals surface area contributed by atoms with Crippen molar-refractivity contribution in [3.63, 3.8) is 0 Å². The average Bonchev–Trinajstić information content (AvgIpc) is 2.91. The molecular weight excluding hydrogens is 464 g/mol. The second-order valence-corrected chi connectivity index (χ2v) is 9.06. The van der Waals surface area contributed by atoms with E-state index in [0.29, 0.717) is 35.1 Å². The molecule has 7 heteroatoms. The van der Waals surface area contributed by atoms with Crippen LogP contribution in [-0.2, 0) is 19.5 Å². The normalized spacial score (nSPS) is 11.1. The minimum atomic E-state index is -0.449. The number of aryl methyl sites for hydroxylation is 2. The molecule has 0 bridgehead atoms. The van der Waals surface area contributed by atoms with E-state index in [1.54, 1.807) is 22.8 Å². The zero-order chi connectivity index (χ0) is 25.9. The van der Waals surface area contributed by atoms with Gasteiger partial charge in [-0.3, -0.25) is 20.3 Å². The van der Waals surface area contributed by atoms with Crippen LogP contribution in [0.5, 0.6) is 0 Å². The van der Waals surface area contributed by atoms with Gasteiger partial charge in [0, 0.05) is 36.5 Å². The summed E-state index contributed by atoms with van der Waals surface area (Å²) >= 11 is 0. The fourth-order valence-electron chi connectivity index (χ4n) is 4.68. The van der Waals surface area contributed by atoms with Gasteiger partial charge in [0.25, 0.3) is 11.2 Å². The molecule has 1 N–H and O–H groups in total. The van der Waals surface area contributed by atoms with E-state index in [4.69, 9.17) is 5.41 Å². The lowest BCUT2D eigenvalue weighted by Gasteiger charge is -2.18.